The molecular weight excluding hydrogens is 298 g/mol. The van der Waals surface area contributed by atoms with E-state index in [4.69, 9.17) is 9.52 Å². The largest absolute Gasteiger partial charge is 0.475 e. The van der Waals surface area contributed by atoms with Crippen molar-refractivity contribution in [2.24, 2.45) is 7.05 Å². The Kier molecular flexibility index (Phi) is 3.88. The fourth-order valence-electron chi connectivity index (χ4n) is 1.81. The van der Waals surface area contributed by atoms with Crippen LogP contribution in [0.4, 0.5) is 0 Å². The van der Waals surface area contributed by atoms with Crippen molar-refractivity contribution < 1.29 is 22.7 Å². The van der Waals surface area contributed by atoms with E-state index in [2.05, 4.69) is 9.82 Å². The number of hydrogen-bond acceptors (Lipinski definition) is 5. The van der Waals surface area contributed by atoms with Crippen LogP contribution in [0.3, 0.4) is 0 Å². The smallest absolute Gasteiger partial charge is 0.371 e. The van der Waals surface area contributed by atoms with Gasteiger partial charge in [0.05, 0.1) is 6.20 Å². The van der Waals surface area contributed by atoms with Crippen LogP contribution in [0.5, 0.6) is 0 Å². The molecule has 2 rings (SSSR count). The normalized spacial score (nSPS) is 11.8. The molecule has 21 heavy (non-hydrogen) atoms. The van der Waals surface area contributed by atoms with Crippen molar-refractivity contribution in [2.75, 3.05) is 0 Å². The lowest BCUT2D eigenvalue weighted by Gasteiger charge is -2.05. The molecule has 0 aromatic carbocycles. The van der Waals surface area contributed by atoms with Crippen LogP contribution in [0.2, 0.25) is 0 Å². The Morgan fingerprint density at radius 2 is 2.14 bits per heavy atom. The zero-order valence-corrected chi connectivity index (χ0v) is 12.6. The molecule has 0 radical (unpaired) electrons. The van der Waals surface area contributed by atoms with Crippen molar-refractivity contribution in [1.82, 2.24) is 14.5 Å². The van der Waals surface area contributed by atoms with E-state index in [0.717, 1.165) is 17.3 Å². The minimum atomic E-state index is -3.85. The molecule has 0 aliphatic rings. The molecule has 0 spiro atoms. The van der Waals surface area contributed by atoms with E-state index in [1.807, 2.05) is 6.92 Å². The van der Waals surface area contributed by atoms with Crippen LogP contribution in [0.1, 0.15) is 27.6 Å². The number of nitrogens with zero attached hydrogens (tertiary/aromatic N) is 2. The van der Waals surface area contributed by atoms with Crippen LogP contribution in [-0.4, -0.2) is 29.3 Å². The van der Waals surface area contributed by atoms with Crippen LogP contribution in [0.25, 0.3) is 0 Å². The first kappa shape index (κ1) is 15.3. The van der Waals surface area contributed by atoms with Gasteiger partial charge < -0.3 is 9.52 Å². The lowest BCUT2D eigenvalue weighted by molar-refractivity contribution is 0.0661. The van der Waals surface area contributed by atoms with Gasteiger partial charge in [0.1, 0.15) is 10.7 Å². The van der Waals surface area contributed by atoms with Crippen molar-refractivity contribution in [2.45, 2.75) is 25.3 Å². The van der Waals surface area contributed by atoms with E-state index in [1.54, 1.807) is 17.9 Å². The minimum Gasteiger partial charge on any atom is -0.475 e. The van der Waals surface area contributed by atoms with Gasteiger partial charge in [-0.15, -0.1) is 0 Å². The SMILES string of the molecule is Cc1oc(C(=O)O)cc1S(=O)(=O)NCc1cnn(C)c1C. The third-order valence-corrected chi connectivity index (χ3v) is 4.67. The quantitative estimate of drug-likeness (QED) is 0.844. The van der Waals surface area contributed by atoms with Crippen molar-refractivity contribution in [3.05, 3.63) is 35.0 Å². The summed E-state index contributed by atoms with van der Waals surface area (Å²) in [7, 11) is -2.10. The molecule has 0 saturated carbocycles. The summed E-state index contributed by atoms with van der Waals surface area (Å²) in [6.45, 7) is 3.29. The molecule has 0 bridgehead atoms. The molecule has 2 aromatic rings. The van der Waals surface area contributed by atoms with Gasteiger partial charge in [-0.2, -0.15) is 5.10 Å². The summed E-state index contributed by atoms with van der Waals surface area (Å²) < 4.78 is 33.3. The van der Waals surface area contributed by atoms with E-state index in [1.165, 1.54) is 6.92 Å². The number of sulfonamides is 1. The predicted octanol–water partition coefficient (Wildman–Crippen LogP) is 0.807. The second kappa shape index (κ2) is 5.34. The number of furan rings is 1. The Bertz CT molecular complexity index is 788. The average molecular weight is 313 g/mol. The first-order chi connectivity index (χ1) is 9.72. The molecule has 0 fully saturated rings. The number of hydrogen-bond donors (Lipinski definition) is 2. The highest BCUT2D eigenvalue weighted by atomic mass is 32.2. The maximum absolute atomic E-state index is 12.2. The Hall–Kier alpha value is -2.13. The van der Waals surface area contributed by atoms with E-state index < -0.39 is 21.8 Å². The van der Waals surface area contributed by atoms with Crippen LogP contribution < -0.4 is 4.72 Å². The summed E-state index contributed by atoms with van der Waals surface area (Å²) in [5.74, 6) is -1.70. The third kappa shape index (κ3) is 2.98. The topological polar surface area (TPSA) is 114 Å². The van der Waals surface area contributed by atoms with Crippen LogP contribution >= 0.6 is 0 Å². The zero-order chi connectivity index (χ0) is 15.8. The van der Waals surface area contributed by atoms with Crippen LogP contribution in [0, 0.1) is 13.8 Å². The summed E-state index contributed by atoms with van der Waals surface area (Å²) in [6.07, 6.45) is 1.57. The van der Waals surface area contributed by atoms with E-state index in [9.17, 15) is 13.2 Å². The number of carbonyl (C=O) groups is 1. The molecule has 0 unspecified atom stereocenters. The Balaban J connectivity index is 2.23. The van der Waals surface area contributed by atoms with Gasteiger partial charge >= 0.3 is 5.97 Å². The number of rotatable bonds is 5. The lowest BCUT2D eigenvalue weighted by atomic mass is 10.3. The minimum absolute atomic E-state index is 0.0304. The number of carboxylic acids is 1. The molecular formula is C12H15N3O5S. The number of aromatic carboxylic acids is 1. The number of carboxylic acid groups (broad SMARTS) is 1. The number of aromatic nitrogens is 2. The Morgan fingerprint density at radius 3 is 2.62 bits per heavy atom. The van der Waals surface area contributed by atoms with Gasteiger partial charge in [0.2, 0.25) is 15.8 Å². The maximum Gasteiger partial charge on any atom is 0.371 e. The van der Waals surface area contributed by atoms with Gasteiger partial charge in [-0.25, -0.2) is 17.9 Å². The molecule has 0 amide bonds. The van der Waals surface area contributed by atoms with Crippen molar-refractivity contribution in [3.63, 3.8) is 0 Å². The van der Waals surface area contributed by atoms with Gasteiger partial charge in [0.25, 0.3) is 0 Å². The van der Waals surface area contributed by atoms with Gasteiger partial charge in [-0.05, 0) is 13.8 Å². The summed E-state index contributed by atoms with van der Waals surface area (Å²) in [5.41, 5.74) is 1.58. The van der Waals surface area contributed by atoms with Crippen molar-refractivity contribution >= 4 is 16.0 Å². The predicted molar refractivity (Wildman–Crippen MR) is 72.4 cm³/mol. The van der Waals surface area contributed by atoms with Gasteiger partial charge in [-0.3, -0.25) is 4.68 Å². The fourth-order valence-corrected chi connectivity index (χ4v) is 2.99. The van der Waals surface area contributed by atoms with E-state index >= 15 is 0 Å². The molecule has 2 heterocycles. The first-order valence-electron chi connectivity index (χ1n) is 6.03. The molecule has 2 N–H and O–H groups in total. The van der Waals surface area contributed by atoms with Crippen molar-refractivity contribution in [1.29, 1.82) is 0 Å². The summed E-state index contributed by atoms with van der Waals surface area (Å²) in [6, 6.07) is 0.996. The average Bonchev–Trinajstić information content (AvgIpc) is 2.93. The molecule has 0 aliphatic heterocycles. The second-order valence-corrected chi connectivity index (χ2v) is 6.27. The molecule has 114 valence electrons. The highest BCUT2D eigenvalue weighted by Crippen LogP contribution is 2.20. The highest BCUT2D eigenvalue weighted by molar-refractivity contribution is 7.89. The highest BCUT2D eigenvalue weighted by Gasteiger charge is 2.24. The van der Waals surface area contributed by atoms with Gasteiger partial charge in [0, 0.05) is 30.9 Å². The summed E-state index contributed by atoms with van der Waals surface area (Å²) in [5, 5.41) is 12.8. The molecule has 2 aromatic heterocycles. The monoisotopic (exact) mass is 313 g/mol. The second-order valence-electron chi connectivity index (χ2n) is 4.54. The van der Waals surface area contributed by atoms with Gasteiger partial charge in [-0.1, -0.05) is 0 Å². The summed E-state index contributed by atoms with van der Waals surface area (Å²) >= 11 is 0. The van der Waals surface area contributed by atoms with Crippen LogP contribution in [0.15, 0.2) is 21.6 Å². The molecule has 9 heteroatoms. The maximum atomic E-state index is 12.2. The molecule has 0 saturated heterocycles. The standard InChI is InChI=1S/C12H15N3O5S/c1-7-9(5-13-15(7)3)6-14-21(18,19)11-4-10(12(16)17)20-8(11)2/h4-5,14H,6H2,1-3H3,(H,16,17). The lowest BCUT2D eigenvalue weighted by Crippen LogP contribution is -2.23. The molecule has 8 nitrogen and oxygen atoms in total. The fraction of sp³-hybridized carbons (Fsp3) is 0.333. The number of nitrogens with one attached hydrogen (secondary N) is 1. The van der Waals surface area contributed by atoms with E-state index in [0.29, 0.717) is 0 Å². The Labute approximate surface area is 121 Å². The van der Waals surface area contributed by atoms with Gasteiger partial charge in [0.15, 0.2) is 0 Å². The van der Waals surface area contributed by atoms with Crippen LogP contribution in [-0.2, 0) is 23.6 Å². The first-order valence-corrected chi connectivity index (χ1v) is 7.51. The third-order valence-electron chi connectivity index (χ3n) is 3.16. The molecule has 0 atom stereocenters. The number of aryl methyl sites for hydroxylation is 2. The molecule has 0 aliphatic carbocycles. The zero-order valence-electron chi connectivity index (χ0n) is 11.7. The van der Waals surface area contributed by atoms with Crippen molar-refractivity contribution in [3.8, 4) is 0 Å². The van der Waals surface area contributed by atoms with E-state index in [-0.39, 0.29) is 17.2 Å². The Morgan fingerprint density at radius 1 is 1.48 bits per heavy atom. The summed E-state index contributed by atoms with van der Waals surface area (Å²) in [4.78, 5) is 10.6.